The van der Waals surface area contributed by atoms with E-state index < -0.39 is 0 Å². The third-order valence-corrected chi connectivity index (χ3v) is 6.27. The van der Waals surface area contributed by atoms with Gasteiger partial charge in [0.1, 0.15) is 0 Å². The van der Waals surface area contributed by atoms with Gasteiger partial charge in [-0.25, -0.2) is 15.0 Å². The normalized spacial score (nSPS) is 14.1. The number of benzene rings is 1. The number of hydrogen-bond acceptors (Lipinski definition) is 9. The zero-order valence-electron chi connectivity index (χ0n) is 20.9. The maximum atomic E-state index is 12.7. The molecule has 1 aliphatic heterocycles. The summed E-state index contributed by atoms with van der Waals surface area (Å²) in [5.41, 5.74) is 5.28. The van der Waals surface area contributed by atoms with Gasteiger partial charge in [0.15, 0.2) is 22.8 Å². The molecule has 0 unspecified atom stereocenters. The molecular formula is C28H27N5O4. The van der Waals surface area contributed by atoms with Crippen molar-refractivity contribution in [2.45, 2.75) is 20.8 Å². The molecule has 188 valence electrons. The summed E-state index contributed by atoms with van der Waals surface area (Å²) in [6.45, 7) is 7.72. The zero-order chi connectivity index (χ0) is 25.9. The molecule has 0 aliphatic carbocycles. The van der Waals surface area contributed by atoms with Gasteiger partial charge in [0, 0.05) is 48.4 Å². The summed E-state index contributed by atoms with van der Waals surface area (Å²) in [4.78, 5) is 39.5. The second kappa shape index (κ2) is 10.3. The Labute approximate surface area is 213 Å². The number of ether oxygens (including phenoxy) is 1. The van der Waals surface area contributed by atoms with Gasteiger partial charge in [-0.05, 0) is 56.2 Å². The Kier molecular flexibility index (Phi) is 6.78. The number of rotatable bonds is 6. The van der Waals surface area contributed by atoms with Crippen LogP contribution in [0.1, 0.15) is 25.1 Å². The van der Waals surface area contributed by atoms with E-state index in [9.17, 15) is 9.59 Å². The summed E-state index contributed by atoms with van der Waals surface area (Å²) in [5.74, 6) is 0.989. The minimum atomic E-state index is -0.172. The lowest BCUT2D eigenvalue weighted by molar-refractivity contribution is -0.113. The topological polar surface area (TPSA) is 110 Å². The second-order valence-corrected chi connectivity index (χ2v) is 8.94. The lowest BCUT2D eigenvalue weighted by Crippen LogP contribution is -2.36. The average molecular weight is 498 g/mol. The number of fused-ring (bicyclic) bond motifs is 1. The van der Waals surface area contributed by atoms with E-state index in [1.54, 1.807) is 25.4 Å². The van der Waals surface area contributed by atoms with Crippen molar-refractivity contribution in [2.75, 3.05) is 36.5 Å². The van der Waals surface area contributed by atoms with Crippen molar-refractivity contribution in [1.82, 2.24) is 15.0 Å². The highest BCUT2D eigenvalue weighted by atomic mass is 16.5. The maximum absolute atomic E-state index is 12.7. The Bertz CT molecular complexity index is 1570. The number of hydrogen-bond donors (Lipinski definition) is 1. The molecule has 3 aromatic heterocycles. The molecule has 1 saturated heterocycles. The lowest BCUT2D eigenvalue weighted by Gasteiger charge is -2.27. The van der Waals surface area contributed by atoms with Crippen molar-refractivity contribution in [3.05, 3.63) is 75.8 Å². The quantitative estimate of drug-likeness (QED) is 0.384. The summed E-state index contributed by atoms with van der Waals surface area (Å²) >= 11 is 0. The van der Waals surface area contributed by atoms with E-state index >= 15 is 0 Å². The molecule has 5 rings (SSSR count). The van der Waals surface area contributed by atoms with E-state index in [-0.39, 0.29) is 11.2 Å². The van der Waals surface area contributed by atoms with Crippen LogP contribution < -0.4 is 15.6 Å². The number of carbonyl (C=O) groups is 1. The smallest absolute Gasteiger partial charge is 0.227 e. The first-order chi connectivity index (χ1) is 17.9. The highest BCUT2D eigenvalue weighted by molar-refractivity contribution is 5.97. The summed E-state index contributed by atoms with van der Waals surface area (Å²) in [6, 6.07) is 11.1. The van der Waals surface area contributed by atoms with Crippen molar-refractivity contribution < 1.29 is 13.9 Å². The number of morpholine rings is 1. The maximum Gasteiger partial charge on any atom is 0.227 e. The Morgan fingerprint density at radius 2 is 1.86 bits per heavy atom. The van der Waals surface area contributed by atoms with Gasteiger partial charge in [0.05, 0.1) is 18.9 Å². The molecule has 0 bridgehead atoms. The first kappa shape index (κ1) is 24.3. The molecule has 0 spiro atoms. The van der Waals surface area contributed by atoms with Gasteiger partial charge in [-0.3, -0.25) is 9.59 Å². The van der Waals surface area contributed by atoms with Crippen LogP contribution in [-0.2, 0) is 9.53 Å². The van der Waals surface area contributed by atoms with Crippen LogP contribution in [0.2, 0.25) is 0 Å². The van der Waals surface area contributed by atoms with E-state index in [4.69, 9.17) is 9.15 Å². The van der Waals surface area contributed by atoms with Crippen LogP contribution in [0.15, 0.2) is 63.6 Å². The number of carbonyl (C=O) groups excluding carboxylic acids is 1. The van der Waals surface area contributed by atoms with Crippen molar-refractivity contribution in [3.63, 3.8) is 0 Å². The summed E-state index contributed by atoms with van der Waals surface area (Å²) in [6.07, 6.45) is 5.16. The number of nitrogens with zero attached hydrogens (tertiary/aromatic N) is 4. The molecule has 0 radical (unpaired) electrons. The van der Waals surface area contributed by atoms with E-state index in [0.29, 0.717) is 54.8 Å². The number of ketones is 1. The minimum Gasteiger partial charge on any atom is -0.439 e. The predicted molar refractivity (Wildman–Crippen MR) is 143 cm³/mol. The Morgan fingerprint density at radius 1 is 1.05 bits per heavy atom. The fraction of sp³-hybridized carbons (Fsp3) is 0.250. The predicted octanol–water partition coefficient (Wildman–Crippen LogP) is 4.53. The van der Waals surface area contributed by atoms with Gasteiger partial charge in [-0.15, -0.1) is 0 Å². The molecule has 0 atom stereocenters. The molecule has 0 amide bonds. The number of Topliss-reactive ketones (excluding diaryl/α,β-unsaturated/α-hetero) is 1. The fourth-order valence-corrected chi connectivity index (χ4v) is 4.05. The van der Waals surface area contributed by atoms with Crippen LogP contribution in [0, 0.1) is 6.92 Å². The van der Waals surface area contributed by atoms with Gasteiger partial charge in [-0.2, -0.15) is 0 Å². The fourth-order valence-electron chi connectivity index (χ4n) is 4.05. The van der Waals surface area contributed by atoms with Gasteiger partial charge in [0.2, 0.25) is 11.4 Å². The summed E-state index contributed by atoms with van der Waals surface area (Å²) < 4.78 is 11.5. The molecule has 1 fully saturated rings. The lowest BCUT2D eigenvalue weighted by atomic mass is 10.1. The first-order valence-electron chi connectivity index (χ1n) is 12.0. The van der Waals surface area contributed by atoms with Crippen molar-refractivity contribution in [2.24, 2.45) is 0 Å². The number of pyridine rings is 1. The molecule has 4 heterocycles. The molecule has 1 N–H and O–H groups in total. The Balaban J connectivity index is 1.41. The molecule has 0 saturated carbocycles. The molecule has 37 heavy (non-hydrogen) atoms. The highest BCUT2D eigenvalue weighted by Crippen LogP contribution is 2.27. The number of aryl methyl sites for hydroxylation is 1. The standard InChI is InChI=1S/C28H27N5O4/c1-17(19(3)34)11-21-15-30-28(31-18(21)2)32-23-6-4-5-20(12-23)22-13-25-27(29-16-22)24(35)14-26(37-25)33-7-9-36-10-8-33/h4-6,11-16H,7-10H2,1-3H3,(H,30,31,32)/b17-11+. The van der Waals surface area contributed by atoms with Crippen LogP contribution in [0.4, 0.5) is 17.5 Å². The van der Waals surface area contributed by atoms with Gasteiger partial charge < -0.3 is 19.4 Å². The first-order valence-corrected chi connectivity index (χ1v) is 12.0. The van der Waals surface area contributed by atoms with E-state index in [1.165, 1.54) is 13.0 Å². The Morgan fingerprint density at radius 3 is 2.62 bits per heavy atom. The van der Waals surface area contributed by atoms with E-state index in [1.807, 2.05) is 42.2 Å². The van der Waals surface area contributed by atoms with E-state index in [2.05, 4.69) is 20.3 Å². The van der Waals surface area contributed by atoms with Crippen LogP contribution >= 0.6 is 0 Å². The SMILES string of the molecule is CC(=O)/C(C)=C/c1cnc(Nc2cccc(-c3cnc4c(=O)cc(N5CCOCC5)oc4c3)c2)nc1C. The largest absolute Gasteiger partial charge is 0.439 e. The molecule has 1 aromatic carbocycles. The second-order valence-electron chi connectivity index (χ2n) is 8.94. The summed E-state index contributed by atoms with van der Waals surface area (Å²) in [5, 5.41) is 3.23. The van der Waals surface area contributed by atoms with E-state index in [0.717, 1.165) is 28.1 Å². The number of aromatic nitrogens is 3. The van der Waals surface area contributed by atoms with Crippen molar-refractivity contribution in [3.8, 4) is 11.1 Å². The van der Waals surface area contributed by atoms with Gasteiger partial charge in [-0.1, -0.05) is 12.1 Å². The monoisotopic (exact) mass is 497 g/mol. The number of anilines is 3. The molecule has 4 aromatic rings. The van der Waals surface area contributed by atoms with Crippen LogP contribution in [0.3, 0.4) is 0 Å². The van der Waals surface area contributed by atoms with Crippen LogP contribution in [0.25, 0.3) is 28.3 Å². The molecule has 9 heteroatoms. The number of allylic oxidation sites excluding steroid dienone is 1. The molecule has 1 aliphatic rings. The third kappa shape index (κ3) is 5.41. The average Bonchev–Trinajstić information content (AvgIpc) is 2.90. The van der Waals surface area contributed by atoms with Crippen molar-refractivity contribution >= 4 is 40.5 Å². The summed E-state index contributed by atoms with van der Waals surface area (Å²) in [7, 11) is 0. The minimum absolute atomic E-state index is 0.0122. The van der Waals surface area contributed by atoms with Gasteiger partial charge in [0.25, 0.3) is 0 Å². The van der Waals surface area contributed by atoms with Gasteiger partial charge >= 0.3 is 0 Å². The molecular weight excluding hydrogens is 470 g/mol. The van der Waals surface area contributed by atoms with Crippen molar-refractivity contribution in [1.29, 1.82) is 0 Å². The van der Waals surface area contributed by atoms with Crippen LogP contribution in [-0.4, -0.2) is 47.0 Å². The molecule has 9 nitrogen and oxygen atoms in total. The number of nitrogens with one attached hydrogen (secondary N) is 1. The third-order valence-electron chi connectivity index (χ3n) is 6.27. The highest BCUT2D eigenvalue weighted by Gasteiger charge is 2.16. The van der Waals surface area contributed by atoms with Crippen LogP contribution in [0.5, 0.6) is 0 Å². The Hall–Kier alpha value is -4.37. The zero-order valence-corrected chi connectivity index (χ0v) is 20.9.